The van der Waals surface area contributed by atoms with Crippen molar-refractivity contribution in [2.45, 2.75) is 69.7 Å². The van der Waals surface area contributed by atoms with Gasteiger partial charge in [-0.25, -0.2) is 0 Å². The van der Waals surface area contributed by atoms with E-state index in [4.69, 9.17) is 73.0 Å². The summed E-state index contributed by atoms with van der Waals surface area (Å²) in [6, 6.07) is 0.0368. The van der Waals surface area contributed by atoms with Gasteiger partial charge in [-0.05, 0) is 39.5 Å². The van der Waals surface area contributed by atoms with Gasteiger partial charge in [0.05, 0.1) is 178 Å². The van der Waals surface area contributed by atoms with Crippen LogP contribution in [-0.2, 0) is 80.0 Å². The van der Waals surface area contributed by atoms with Gasteiger partial charge in [-0.15, -0.1) is 5.10 Å². The van der Waals surface area contributed by atoms with Gasteiger partial charge in [0, 0.05) is 30.6 Å². The molecule has 3 atom stereocenters. The van der Waals surface area contributed by atoms with Crippen LogP contribution in [0.25, 0.3) is 0 Å². The molecule has 1 amide bonds. The van der Waals surface area contributed by atoms with Crippen LogP contribution >= 0.6 is 0 Å². The van der Waals surface area contributed by atoms with Crippen LogP contribution in [0.15, 0.2) is 6.20 Å². The molecule has 20 heteroatoms. The van der Waals surface area contributed by atoms with Crippen LogP contribution < -0.4 is 16.8 Å². The number of nitrogens with zero attached hydrogens (tertiary/aromatic N) is 3. The zero-order valence-electron chi connectivity index (χ0n) is 36.8. The van der Waals surface area contributed by atoms with Crippen LogP contribution in [0, 0.1) is 0 Å². The molecular formula is C40H78N6O14. The average molecular weight is 867 g/mol. The predicted octanol–water partition coefficient (Wildman–Crippen LogP) is 0.415. The van der Waals surface area contributed by atoms with E-state index in [1.807, 2.05) is 27.1 Å². The van der Waals surface area contributed by atoms with Crippen LogP contribution in [0.1, 0.15) is 51.6 Å². The molecular weight excluding hydrogens is 788 g/mol. The van der Waals surface area contributed by atoms with E-state index < -0.39 is 11.1 Å². The number of hydrogen-bond acceptors (Lipinski definition) is 18. The summed E-state index contributed by atoms with van der Waals surface area (Å²) in [5.41, 5.74) is 12.7. The maximum atomic E-state index is 12.3. The second-order valence-electron chi connectivity index (χ2n) is 14.7. The van der Waals surface area contributed by atoms with Gasteiger partial charge in [0.2, 0.25) is 5.91 Å². The van der Waals surface area contributed by atoms with Crippen LogP contribution in [0.4, 0.5) is 0 Å². The van der Waals surface area contributed by atoms with Crippen molar-refractivity contribution in [3.05, 3.63) is 11.9 Å². The maximum Gasteiger partial charge on any atom is 0.222 e. The summed E-state index contributed by atoms with van der Waals surface area (Å²) in [5.74, 6) is -0.0320. The number of aromatic nitrogens is 3. The molecule has 1 fully saturated rings. The first-order chi connectivity index (χ1) is 29.2. The third-order valence-electron chi connectivity index (χ3n) is 9.43. The number of carbonyl (C=O) groups excluding carboxylic acids is 1. The monoisotopic (exact) mass is 867 g/mol. The Balaban J connectivity index is 1.15. The Morgan fingerprint density at radius 3 is 1.25 bits per heavy atom. The predicted molar refractivity (Wildman–Crippen MR) is 221 cm³/mol. The van der Waals surface area contributed by atoms with Crippen LogP contribution in [0.2, 0.25) is 0 Å². The van der Waals surface area contributed by atoms with Crippen molar-refractivity contribution >= 4 is 5.91 Å². The van der Waals surface area contributed by atoms with Crippen molar-refractivity contribution < 1.29 is 66.4 Å². The van der Waals surface area contributed by atoms with E-state index in [9.17, 15) is 4.79 Å². The number of amides is 1. The van der Waals surface area contributed by atoms with Gasteiger partial charge in [0.1, 0.15) is 5.69 Å². The Hall–Kier alpha value is -1.99. The molecule has 3 unspecified atom stereocenters. The van der Waals surface area contributed by atoms with Crippen molar-refractivity contribution in [3.63, 3.8) is 0 Å². The van der Waals surface area contributed by atoms with Gasteiger partial charge >= 0.3 is 0 Å². The first-order valence-electron chi connectivity index (χ1n) is 21.4. The number of nitrogens with one attached hydrogen (secondary N) is 1. The molecule has 1 heterocycles. The fourth-order valence-corrected chi connectivity index (χ4v) is 5.71. The summed E-state index contributed by atoms with van der Waals surface area (Å²) in [4.78, 5) is 12.3. The van der Waals surface area contributed by atoms with Gasteiger partial charge in [-0.1, -0.05) is 5.21 Å². The molecule has 352 valence electrons. The SMILES string of the molecule is Cn1cc(COCCOCCOCCOCCOCCOCCOCCOCCOCCOCCOCCOCCOCCC(=O)NC2CCCC(C)(N)C(C)(N)C2)nn1. The standard InChI is InChI=1S/C40H78N6O14/c1-39(41)7-4-5-36(33-40(39,2)42)43-38(47)6-8-48-9-10-49-11-12-50-13-14-51-15-16-52-17-18-53-19-20-54-21-22-55-23-24-56-25-26-57-27-28-58-29-30-59-31-32-60-35-37-34-46(3)45-44-37/h34,36H,4-33,35,41-42H2,1-3H3,(H,43,47). The molecule has 1 aromatic rings. The highest BCUT2D eigenvalue weighted by Gasteiger charge is 2.42. The summed E-state index contributed by atoms with van der Waals surface area (Å²) < 4.78 is 73.1. The van der Waals surface area contributed by atoms with Crippen LogP contribution in [-0.4, -0.2) is 203 Å². The molecule has 0 saturated heterocycles. The minimum atomic E-state index is -0.528. The highest BCUT2D eigenvalue weighted by molar-refractivity contribution is 5.76. The molecule has 20 nitrogen and oxygen atoms in total. The molecule has 2 rings (SSSR count). The number of hydrogen-bond donors (Lipinski definition) is 3. The Morgan fingerprint density at radius 1 is 0.583 bits per heavy atom. The van der Waals surface area contributed by atoms with Crippen molar-refractivity contribution in [3.8, 4) is 0 Å². The van der Waals surface area contributed by atoms with Crippen LogP contribution in [0.5, 0.6) is 0 Å². The third-order valence-corrected chi connectivity index (χ3v) is 9.43. The Bertz CT molecular complexity index is 1140. The summed E-state index contributed by atoms with van der Waals surface area (Å²) in [7, 11) is 1.82. The van der Waals surface area contributed by atoms with E-state index in [1.165, 1.54) is 0 Å². The second-order valence-corrected chi connectivity index (χ2v) is 14.7. The highest BCUT2D eigenvalue weighted by atomic mass is 16.6. The molecule has 0 aliphatic heterocycles. The topological polar surface area (TPSA) is 232 Å². The van der Waals surface area contributed by atoms with Crippen molar-refractivity contribution in [1.29, 1.82) is 0 Å². The van der Waals surface area contributed by atoms with E-state index in [1.54, 1.807) is 4.68 Å². The number of ether oxygens (including phenoxy) is 13. The molecule has 0 radical (unpaired) electrons. The molecule has 60 heavy (non-hydrogen) atoms. The summed E-state index contributed by atoms with van der Waals surface area (Å²) >= 11 is 0. The molecule has 1 aromatic heterocycles. The summed E-state index contributed by atoms with van der Waals surface area (Å²) in [6.45, 7) is 16.3. The number of nitrogens with two attached hydrogens (primary N) is 2. The van der Waals surface area contributed by atoms with Gasteiger partial charge in [0.25, 0.3) is 0 Å². The lowest BCUT2D eigenvalue weighted by Gasteiger charge is -2.40. The van der Waals surface area contributed by atoms with Gasteiger partial charge in [-0.2, -0.15) is 0 Å². The fourth-order valence-electron chi connectivity index (χ4n) is 5.71. The minimum absolute atomic E-state index is 0.0320. The molecule has 1 aliphatic rings. The Labute approximate surface area is 357 Å². The maximum absolute atomic E-state index is 12.3. The Morgan fingerprint density at radius 2 is 0.917 bits per heavy atom. The van der Waals surface area contributed by atoms with E-state index in [-0.39, 0.29) is 11.9 Å². The third kappa shape index (κ3) is 30.1. The van der Waals surface area contributed by atoms with Crippen molar-refractivity contribution in [1.82, 2.24) is 20.3 Å². The average Bonchev–Trinajstić information content (AvgIpc) is 3.60. The highest BCUT2D eigenvalue weighted by Crippen LogP contribution is 2.32. The quantitative estimate of drug-likeness (QED) is 0.0597. The zero-order valence-corrected chi connectivity index (χ0v) is 36.8. The minimum Gasteiger partial charge on any atom is -0.379 e. The van der Waals surface area contributed by atoms with E-state index >= 15 is 0 Å². The fraction of sp³-hybridized carbons (Fsp3) is 0.925. The lowest BCUT2D eigenvalue weighted by Crippen LogP contribution is -2.63. The normalized spacial score (nSPS) is 19.5. The summed E-state index contributed by atoms with van der Waals surface area (Å²) in [6.07, 6.45) is 5.46. The molecule has 1 saturated carbocycles. The Kier molecular flexibility index (Phi) is 32.9. The van der Waals surface area contributed by atoms with Gasteiger partial charge in [0.15, 0.2) is 0 Å². The van der Waals surface area contributed by atoms with Crippen LogP contribution in [0.3, 0.4) is 0 Å². The van der Waals surface area contributed by atoms with Gasteiger partial charge in [-0.3, -0.25) is 9.48 Å². The number of rotatable bonds is 42. The number of carbonyl (C=O) groups is 1. The first kappa shape index (κ1) is 54.1. The molecule has 0 aromatic carbocycles. The lowest BCUT2D eigenvalue weighted by atomic mass is 9.77. The van der Waals surface area contributed by atoms with Crippen molar-refractivity contribution in [2.24, 2.45) is 18.5 Å². The van der Waals surface area contributed by atoms with Gasteiger partial charge < -0.3 is 78.4 Å². The van der Waals surface area contributed by atoms with E-state index in [0.29, 0.717) is 185 Å². The van der Waals surface area contributed by atoms with E-state index in [2.05, 4.69) is 15.6 Å². The molecule has 0 spiro atoms. The molecule has 0 bridgehead atoms. The van der Waals surface area contributed by atoms with E-state index in [0.717, 1.165) is 25.0 Å². The first-order valence-corrected chi connectivity index (χ1v) is 21.4. The smallest absolute Gasteiger partial charge is 0.222 e. The largest absolute Gasteiger partial charge is 0.379 e. The summed E-state index contributed by atoms with van der Waals surface area (Å²) in [5, 5.41) is 10.9. The molecule has 5 N–H and O–H groups in total. The second kappa shape index (κ2) is 36.5. The number of aryl methyl sites for hydroxylation is 1. The zero-order chi connectivity index (χ0) is 43.3. The van der Waals surface area contributed by atoms with Crippen molar-refractivity contribution in [2.75, 3.05) is 165 Å². The lowest BCUT2D eigenvalue weighted by molar-refractivity contribution is -0.123. The molecule has 1 aliphatic carbocycles.